The van der Waals surface area contributed by atoms with Crippen LogP contribution in [0.15, 0.2) is 0 Å². The Hall–Kier alpha value is -0.910. The monoisotopic (exact) mass is 262 g/mol. The summed E-state index contributed by atoms with van der Waals surface area (Å²) in [7, 11) is -0.943. The average molecular weight is 262 g/mol. The normalized spacial score (nSPS) is 19.6. The van der Waals surface area contributed by atoms with Gasteiger partial charge < -0.3 is 9.47 Å². The van der Waals surface area contributed by atoms with Gasteiger partial charge in [0.05, 0.1) is 13.2 Å². The first-order chi connectivity index (χ1) is 8.06. The van der Waals surface area contributed by atoms with Crippen LogP contribution in [0.4, 0.5) is 0 Å². The van der Waals surface area contributed by atoms with Crippen molar-refractivity contribution in [1.82, 2.24) is 0 Å². The summed E-state index contributed by atoms with van der Waals surface area (Å²) in [5.41, 5.74) is -1.24. The smallest absolute Gasteiger partial charge is 0.323 e. The van der Waals surface area contributed by atoms with Crippen LogP contribution in [0.25, 0.3) is 0 Å². The third-order valence-electron chi connectivity index (χ3n) is 2.85. The maximum atomic E-state index is 11.9. The number of rotatable bonds is 4. The molecule has 0 N–H and O–H groups in total. The predicted octanol–water partition coefficient (Wildman–Crippen LogP) is 0.642. The maximum absolute atomic E-state index is 11.9. The largest absolute Gasteiger partial charge is 0.465 e. The Morgan fingerprint density at radius 1 is 1.06 bits per heavy atom. The van der Waals surface area contributed by atoms with Crippen molar-refractivity contribution >= 4 is 22.7 Å². The molecule has 0 atom stereocenters. The molecule has 0 bridgehead atoms. The number of carbonyl (C=O) groups is 2. The molecule has 0 saturated carbocycles. The molecule has 0 aliphatic carbocycles. The number of esters is 2. The van der Waals surface area contributed by atoms with Gasteiger partial charge in [0.15, 0.2) is 5.41 Å². The molecule has 0 aromatic heterocycles. The number of hydrogen-bond donors (Lipinski definition) is 0. The van der Waals surface area contributed by atoms with E-state index in [9.17, 15) is 13.8 Å². The highest BCUT2D eigenvalue weighted by Gasteiger charge is 2.50. The lowest BCUT2D eigenvalue weighted by Crippen LogP contribution is -2.46. The molecule has 17 heavy (non-hydrogen) atoms. The standard InChI is InChI=1S/C11H18O5S/c1-3-15-9(12)11(10(13)16-4-2)5-7-17(14)8-6-11/h3-8H2,1-2H3. The summed E-state index contributed by atoms with van der Waals surface area (Å²) >= 11 is 0. The minimum atomic E-state index is -1.24. The number of hydrogen-bond acceptors (Lipinski definition) is 5. The van der Waals surface area contributed by atoms with Gasteiger partial charge in [-0.05, 0) is 26.7 Å². The van der Waals surface area contributed by atoms with E-state index in [1.807, 2.05) is 0 Å². The van der Waals surface area contributed by atoms with Crippen LogP contribution in [0.2, 0.25) is 0 Å². The van der Waals surface area contributed by atoms with Gasteiger partial charge in [0.2, 0.25) is 0 Å². The van der Waals surface area contributed by atoms with Crippen molar-refractivity contribution in [3.8, 4) is 0 Å². The van der Waals surface area contributed by atoms with Crippen LogP contribution >= 0.6 is 0 Å². The molecule has 0 amide bonds. The second-order valence-corrected chi connectivity index (χ2v) is 5.57. The van der Waals surface area contributed by atoms with Gasteiger partial charge in [-0.1, -0.05) is 0 Å². The van der Waals surface area contributed by atoms with Crippen LogP contribution in [0, 0.1) is 5.41 Å². The van der Waals surface area contributed by atoms with Crippen LogP contribution in [-0.4, -0.2) is 40.9 Å². The lowest BCUT2D eigenvalue weighted by Gasteiger charge is -2.31. The molecule has 98 valence electrons. The molecule has 1 rings (SSSR count). The first kappa shape index (κ1) is 14.2. The van der Waals surface area contributed by atoms with E-state index in [1.54, 1.807) is 13.8 Å². The van der Waals surface area contributed by atoms with Gasteiger partial charge >= 0.3 is 11.9 Å². The molecule has 0 aromatic rings. The van der Waals surface area contributed by atoms with Gasteiger partial charge in [-0.25, -0.2) is 0 Å². The molecule has 5 nitrogen and oxygen atoms in total. The second-order valence-electron chi connectivity index (χ2n) is 3.87. The maximum Gasteiger partial charge on any atom is 0.323 e. The summed E-state index contributed by atoms with van der Waals surface area (Å²) in [5, 5.41) is 0. The van der Waals surface area contributed by atoms with Crippen molar-refractivity contribution in [3.63, 3.8) is 0 Å². The third kappa shape index (κ3) is 3.06. The van der Waals surface area contributed by atoms with Crippen molar-refractivity contribution in [1.29, 1.82) is 0 Å². The summed E-state index contributed by atoms with van der Waals surface area (Å²) in [4.78, 5) is 23.8. The van der Waals surface area contributed by atoms with Crippen molar-refractivity contribution in [2.75, 3.05) is 24.7 Å². The highest BCUT2D eigenvalue weighted by Crippen LogP contribution is 2.34. The minimum Gasteiger partial charge on any atom is -0.465 e. The first-order valence-electron chi connectivity index (χ1n) is 5.76. The Kier molecular flexibility index (Phi) is 5.11. The van der Waals surface area contributed by atoms with Gasteiger partial charge in [-0.2, -0.15) is 0 Å². The summed E-state index contributed by atoms with van der Waals surface area (Å²) < 4.78 is 21.2. The molecule has 0 spiro atoms. The highest BCUT2D eigenvalue weighted by molar-refractivity contribution is 7.85. The Labute approximate surface area is 103 Å². The van der Waals surface area contributed by atoms with Crippen molar-refractivity contribution in [2.45, 2.75) is 26.7 Å². The summed E-state index contributed by atoms with van der Waals surface area (Å²) in [5.74, 6) is -0.403. The van der Waals surface area contributed by atoms with Crippen molar-refractivity contribution in [2.24, 2.45) is 5.41 Å². The van der Waals surface area contributed by atoms with Crippen molar-refractivity contribution in [3.05, 3.63) is 0 Å². The Bertz CT molecular complexity index is 296. The lowest BCUT2D eigenvalue weighted by atomic mass is 9.82. The molecule has 0 unspecified atom stereocenters. The van der Waals surface area contributed by atoms with E-state index in [1.165, 1.54) is 0 Å². The fourth-order valence-electron chi connectivity index (χ4n) is 1.83. The van der Waals surface area contributed by atoms with Gasteiger partial charge in [0.25, 0.3) is 0 Å². The van der Waals surface area contributed by atoms with Crippen LogP contribution in [0.5, 0.6) is 0 Å². The molecule has 1 saturated heterocycles. The number of carbonyl (C=O) groups excluding carboxylic acids is 2. The van der Waals surface area contributed by atoms with E-state index >= 15 is 0 Å². The summed E-state index contributed by atoms with van der Waals surface area (Å²) in [6.45, 7) is 3.83. The second kappa shape index (κ2) is 6.14. The van der Waals surface area contributed by atoms with E-state index in [-0.39, 0.29) is 26.1 Å². The fraction of sp³-hybridized carbons (Fsp3) is 0.818. The molecule has 6 heteroatoms. The molecular formula is C11H18O5S. The Morgan fingerprint density at radius 3 is 1.82 bits per heavy atom. The van der Waals surface area contributed by atoms with Gasteiger partial charge in [-0.3, -0.25) is 13.8 Å². The van der Waals surface area contributed by atoms with E-state index in [2.05, 4.69) is 0 Å². The van der Waals surface area contributed by atoms with Gasteiger partial charge in [0, 0.05) is 22.3 Å². The van der Waals surface area contributed by atoms with E-state index in [0.29, 0.717) is 11.5 Å². The summed E-state index contributed by atoms with van der Waals surface area (Å²) in [6, 6.07) is 0. The van der Waals surface area contributed by atoms with Gasteiger partial charge in [-0.15, -0.1) is 0 Å². The van der Waals surface area contributed by atoms with Crippen LogP contribution in [-0.2, 0) is 29.9 Å². The molecule has 1 fully saturated rings. The van der Waals surface area contributed by atoms with Crippen LogP contribution in [0.1, 0.15) is 26.7 Å². The molecule has 0 radical (unpaired) electrons. The zero-order valence-corrected chi connectivity index (χ0v) is 11.0. The van der Waals surface area contributed by atoms with Crippen molar-refractivity contribution < 1.29 is 23.3 Å². The third-order valence-corrected chi connectivity index (χ3v) is 4.16. The molecule has 1 aliphatic rings. The topological polar surface area (TPSA) is 69.7 Å². The first-order valence-corrected chi connectivity index (χ1v) is 7.25. The fourth-order valence-corrected chi connectivity index (χ4v) is 3.19. The predicted molar refractivity (Wildman–Crippen MR) is 62.8 cm³/mol. The zero-order chi connectivity index (χ0) is 12.9. The lowest BCUT2D eigenvalue weighted by molar-refractivity contribution is -0.172. The van der Waals surface area contributed by atoms with E-state index in [4.69, 9.17) is 9.47 Å². The van der Waals surface area contributed by atoms with Crippen LogP contribution in [0.3, 0.4) is 0 Å². The summed E-state index contributed by atoms with van der Waals surface area (Å²) in [6.07, 6.45) is 0.495. The molecule has 0 aromatic carbocycles. The van der Waals surface area contributed by atoms with E-state index in [0.717, 1.165) is 0 Å². The van der Waals surface area contributed by atoms with Gasteiger partial charge in [0.1, 0.15) is 0 Å². The minimum absolute atomic E-state index is 0.225. The SMILES string of the molecule is CCOC(=O)C1(C(=O)OCC)CCS(=O)CC1. The molecule has 1 aliphatic heterocycles. The Morgan fingerprint density at radius 2 is 1.47 bits per heavy atom. The molecular weight excluding hydrogens is 244 g/mol. The Balaban J connectivity index is 2.88. The quantitative estimate of drug-likeness (QED) is 0.549. The van der Waals surface area contributed by atoms with Crippen LogP contribution < -0.4 is 0 Å². The van der Waals surface area contributed by atoms with E-state index < -0.39 is 28.2 Å². The average Bonchev–Trinajstić information content (AvgIpc) is 2.31. The number of ether oxygens (including phenoxy) is 2. The molecule has 1 heterocycles. The zero-order valence-electron chi connectivity index (χ0n) is 10.2. The highest BCUT2D eigenvalue weighted by atomic mass is 32.2.